The Hall–Kier alpha value is -3.18. The Labute approximate surface area is 216 Å². The van der Waals surface area contributed by atoms with E-state index in [9.17, 15) is 13.2 Å². The smallest absolute Gasteiger partial charge is 0.220 e. The summed E-state index contributed by atoms with van der Waals surface area (Å²) < 4.78 is 33.5. The molecule has 37 heavy (non-hydrogen) atoms. The molecule has 1 saturated carbocycles. The molecule has 3 aliphatic rings. The summed E-state index contributed by atoms with van der Waals surface area (Å²) in [6.07, 6.45) is 9.72. The average Bonchev–Trinajstić information content (AvgIpc) is 3.48. The second-order valence-corrected chi connectivity index (χ2v) is 12.4. The second kappa shape index (κ2) is 9.29. The maximum Gasteiger partial charge on any atom is 0.220 e. The molecule has 3 fully saturated rings. The number of sulfonamides is 1. The fourth-order valence-corrected chi connectivity index (χ4v) is 6.13. The van der Waals surface area contributed by atoms with Crippen molar-refractivity contribution in [2.75, 3.05) is 43.9 Å². The number of carbonyl (C=O) groups is 1. The molecule has 10 nitrogen and oxygen atoms in total. The van der Waals surface area contributed by atoms with Crippen LogP contribution < -0.4 is 15.0 Å². The van der Waals surface area contributed by atoms with Crippen LogP contribution in [-0.4, -0.2) is 78.3 Å². The summed E-state index contributed by atoms with van der Waals surface area (Å²) in [5, 5.41) is 7.55. The van der Waals surface area contributed by atoms with E-state index in [1.807, 2.05) is 48.2 Å². The highest BCUT2D eigenvalue weighted by Crippen LogP contribution is 2.44. The molecule has 0 spiro atoms. The molecular formula is C26H32N6O4S. The molecule has 0 radical (unpaired) electrons. The SMILES string of the molecule is CC(Oc1cc(-c2ccc(N3CCN(S(C)(=O)=O)CC3)cn2)cn2ncc(C3CC3)c12)C1CNC(=O)C1. The third-order valence-corrected chi connectivity index (χ3v) is 9.03. The summed E-state index contributed by atoms with van der Waals surface area (Å²) >= 11 is 0. The third kappa shape index (κ3) is 4.89. The molecule has 0 bridgehead atoms. The van der Waals surface area contributed by atoms with Gasteiger partial charge in [0.25, 0.3) is 0 Å². The lowest BCUT2D eigenvalue weighted by atomic mass is 10.0. The quantitative estimate of drug-likeness (QED) is 0.505. The van der Waals surface area contributed by atoms with Crippen LogP contribution in [0.2, 0.25) is 0 Å². The van der Waals surface area contributed by atoms with E-state index in [0.29, 0.717) is 45.1 Å². The van der Waals surface area contributed by atoms with Crippen molar-refractivity contribution >= 4 is 27.1 Å². The summed E-state index contributed by atoms with van der Waals surface area (Å²) in [7, 11) is -3.16. The molecule has 6 rings (SSSR count). The highest BCUT2D eigenvalue weighted by atomic mass is 32.2. The Bertz CT molecular complexity index is 1430. The first-order valence-corrected chi connectivity index (χ1v) is 14.7. The molecule has 2 aliphatic heterocycles. The fraction of sp³-hybridized carbons (Fsp3) is 0.500. The van der Waals surface area contributed by atoms with Crippen LogP contribution in [0.1, 0.15) is 37.7 Å². The van der Waals surface area contributed by atoms with E-state index in [2.05, 4.69) is 15.3 Å². The molecule has 2 saturated heterocycles. The zero-order valence-electron chi connectivity index (χ0n) is 21.1. The number of pyridine rings is 2. The van der Waals surface area contributed by atoms with Crippen LogP contribution in [0.25, 0.3) is 16.8 Å². The van der Waals surface area contributed by atoms with Gasteiger partial charge in [-0.3, -0.25) is 9.78 Å². The van der Waals surface area contributed by atoms with Crippen molar-refractivity contribution in [1.29, 1.82) is 0 Å². The number of hydrogen-bond donors (Lipinski definition) is 1. The molecule has 0 aromatic carbocycles. The van der Waals surface area contributed by atoms with Crippen LogP contribution in [0.5, 0.6) is 5.75 Å². The van der Waals surface area contributed by atoms with Gasteiger partial charge in [0, 0.05) is 62.4 Å². The van der Waals surface area contributed by atoms with Gasteiger partial charge >= 0.3 is 0 Å². The van der Waals surface area contributed by atoms with Crippen LogP contribution in [-0.2, 0) is 14.8 Å². The lowest BCUT2D eigenvalue weighted by Crippen LogP contribution is -2.48. The average molecular weight is 525 g/mol. The summed E-state index contributed by atoms with van der Waals surface area (Å²) in [5.74, 6) is 1.50. The molecule has 5 heterocycles. The Kier molecular flexibility index (Phi) is 6.07. The number of amides is 1. The van der Waals surface area contributed by atoms with Gasteiger partial charge in [0.15, 0.2) is 0 Å². The van der Waals surface area contributed by atoms with E-state index < -0.39 is 10.0 Å². The molecule has 1 N–H and O–H groups in total. The van der Waals surface area contributed by atoms with Crippen molar-refractivity contribution in [1.82, 2.24) is 24.2 Å². The van der Waals surface area contributed by atoms with Crippen molar-refractivity contribution in [3.05, 3.63) is 42.4 Å². The van der Waals surface area contributed by atoms with Gasteiger partial charge in [-0.1, -0.05) is 0 Å². The zero-order chi connectivity index (χ0) is 25.7. The summed E-state index contributed by atoms with van der Waals surface area (Å²) in [6.45, 7) is 4.86. The number of ether oxygens (including phenoxy) is 1. The maximum absolute atomic E-state index is 11.8. The molecule has 1 aliphatic carbocycles. The zero-order valence-corrected chi connectivity index (χ0v) is 21.9. The topological polar surface area (TPSA) is 109 Å². The van der Waals surface area contributed by atoms with E-state index in [1.165, 1.54) is 29.0 Å². The van der Waals surface area contributed by atoms with Crippen LogP contribution in [0.3, 0.4) is 0 Å². The molecule has 2 atom stereocenters. The number of fused-ring (bicyclic) bond motifs is 1. The monoisotopic (exact) mass is 524 g/mol. The normalized spacial score (nSPS) is 21.8. The Morgan fingerprint density at radius 2 is 1.92 bits per heavy atom. The number of anilines is 1. The molecular weight excluding hydrogens is 492 g/mol. The summed E-state index contributed by atoms with van der Waals surface area (Å²) in [5.41, 5.74) is 4.88. The number of rotatable bonds is 7. The van der Waals surface area contributed by atoms with Crippen molar-refractivity contribution in [3.8, 4) is 17.0 Å². The van der Waals surface area contributed by atoms with E-state index in [4.69, 9.17) is 9.72 Å². The van der Waals surface area contributed by atoms with Gasteiger partial charge in [0.05, 0.1) is 30.0 Å². The van der Waals surface area contributed by atoms with Gasteiger partial charge in [-0.15, -0.1) is 0 Å². The van der Waals surface area contributed by atoms with Gasteiger partial charge in [-0.25, -0.2) is 12.9 Å². The number of nitrogens with zero attached hydrogens (tertiary/aromatic N) is 5. The van der Waals surface area contributed by atoms with Crippen LogP contribution in [0.15, 0.2) is 36.8 Å². The van der Waals surface area contributed by atoms with Gasteiger partial charge in [-0.2, -0.15) is 9.40 Å². The summed E-state index contributed by atoms with van der Waals surface area (Å²) in [6, 6.07) is 6.05. The van der Waals surface area contributed by atoms with Gasteiger partial charge in [0.2, 0.25) is 15.9 Å². The fourth-order valence-electron chi connectivity index (χ4n) is 5.31. The second-order valence-electron chi connectivity index (χ2n) is 10.4. The number of aromatic nitrogens is 3. The number of carbonyl (C=O) groups excluding carboxylic acids is 1. The predicted octanol–water partition coefficient (Wildman–Crippen LogP) is 2.26. The number of piperazine rings is 1. The van der Waals surface area contributed by atoms with Crippen molar-refractivity contribution in [2.45, 2.75) is 38.2 Å². The molecule has 3 aromatic heterocycles. The van der Waals surface area contributed by atoms with Gasteiger partial charge in [-0.05, 0) is 43.9 Å². The molecule has 2 unspecified atom stereocenters. The van der Waals surface area contributed by atoms with E-state index in [-0.39, 0.29) is 17.9 Å². The van der Waals surface area contributed by atoms with E-state index in [0.717, 1.165) is 28.2 Å². The van der Waals surface area contributed by atoms with Crippen molar-refractivity contribution in [2.24, 2.45) is 5.92 Å². The third-order valence-electron chi connectivity index (χ3n) is 7.72. The molecule has 11 heteroatoms. The van der Waals surface area contributed by atoms with Crippen molar-refractivity contribution in [3.63, 3.8) is 0 Å². The molecule has 3 aromatic rings. The van der Waals surface area contributed by atoms with Crippen LogP contribution in [0, 0.1) is 5.92 Å². The molecule has 1 amide bonds. The van der Waals surface area contributed by atoms with Crippen LogP contribution in [0.4, 0.5) is 5.69 Å². The minimum atomic E-state index is -3.16. The van der Waals surface area contributed by atoms with E-state index >= 15 is 0 Å². The predicted molar refractivity (Wildman–Crippen MR) is 140 cm³/mol. The maximum atomic E-state index is 11.8. The summed E-state index contributed by atoms with van der Waals surface area (Å²) in [4.78, 5) is 18.6. The molecule has 196 valence electrons. The van der Waals surface area contributed by atoms with E-state index in [1.54, 1.807) is 0 Å². The Morgan fingerprint density at radius 1 is 1.14 bits per heavy atom. The largest absolute Gasteiger partial charge is 0.488 e. The Balaban J connectivity index is 1.26. The number of nitrogens with one attached hydrogen (secondary N) is 1. The lowest BCUT2D eigenvalue weighted by Gasteiger charge is -2.34. The first-order chi connectivity index (χ1) is 17.8. The highest BCUT2D eigenvalue weighted by Gasteiger charge is 2.31. The Morgan fingerprint density at radius 3 is 2.54 bits per heavy atom. The minimum absolute atomic E-state index is 0.0735. The standard InChI is InChI=1S/C26H32N6O4S/c1-17(19-12-25(33)28-13-19)36-24-11-20(16-32-26(24)22(15-29-32)18-3-4-18)23-6-5-21(14-27-23)30-7-9-31(10-8-30)37(2,34)35/h5-6,11,14-19H,3-4,7-10,12-13H2,1-2H3,(H,28,33). The minimum Gasteiger partial charge on any atom is -0.488 e. The van der Waals surface area contributed by atoms with Crippen LogP contribution >= 0.6 is 0 Å². The number of hydrogen-bond acceptors (Lipinski definition) is 7. The van der Waals surface area contributed by atoms with Crippen molar-refractivity contribution < 1.29 is 17.9 Å². The first kappa shape index (κ1) is 24.2. The lowest BCUT2D eigenvalue weighted by molar-refractivity contribution is -0.119. The highest BCUT2D eigenvalue weighted by molar-refractivity contribution is 7.88. The van der Waals surface area contributed by atoms with Gasteiger partial charge in [0.1, 0.15) is 17.4 Å². The first-order valence-electron chi connectivity index (χ1n) is 12.9. The van der Waals surface area contributed by atoms with Gasteiger partial charge < -0.3 is 15.0 Å².